The molecule has 6 heteroatoms. The second-order valence-electron chi connectivity index (χ2n) is 9.93. The highest BCUT2D eigenvalue weighted by Crippen LogP contribution is 2.52. The van der Waals surface area contributed by atoms with Crippen LogP contribution in [-0.4, -0.2) is 28.4 Å². The average molecular weight is 491 g/mol. The molecule has 2 heterocycles. The first-order chi connectivity index (χ1) is 17.9. The lowest BCUT2D eigenvalue weighted by Gasteiger charge is -2.31. The van der Waals surface area contributed by atoms with Crippen LogP contribution in [0.25, 0.3) is 10.8 Å². The van der Waals surface area contributed by atoms with E-state index in [0.29, 0.717) is 5.69 Å². The van der Waals surface area contributed by atoms with Gasteiger partial charge in [0.25, 0.3) is 0 Å². The largest absolute Gasteiger partial charge is 0.480 e. The van der Waals surface area contributed by atoms with Crippen molar-refractivity contribution in [2.75, 3.05) is 4.90 Å². The first-order valence-corrected chi connectivity index (χ1v) is 12.4. The Balaban J connectivity index is 1.56. The normalized spacial score (nSPS) is 25.0. The number of rotatable bonds is 5. The molecule has 0 radical (unpaired) electrons. The number of carbonyl (C=O) groups excluding carboxylic acids is 2. The van der Waals surface area contributed by atoms with Crippen molar-refractivity contribution < 1.29 is 19.5 Å². The molecule has 0 bridgehead atoms. The zero-order valence-corrected chi connectivity index (χ0v) is 20.3. The van der Waals surface area contributed by atoms with Gasteiger partial charge in [0.15, 0.2) is 0 Å². The van der Waals surface area contributed by atoms with Crippen molar-refractivity contribution in [1.29, 1.82) is 0 Å². The van der Waals surface area contributed by atoms with Crippen molar-refractivity contribution in [2.45, 2.75) is 24.9 Å². The molecular formula is C31H26N2O4. The summed E-state index contributed by atoms with van der Waals surface area (Å²) in [7, 11) is 0. The topological polar surface area (TPSA) is 86.7 Å². The van der Waals surface area contributed by atoms with Gasteiger partial charge in [-0.1, -0.05) is 91.0 Å². The molecule has 2 fully saturated rings. The summed E-state index contributed by atoms with van der Waals surface area (Å²) in [5.41, 5.74) is 1.23. The molecule has 2 N–H and O–H groups in total. The van der Waals surface area contributed by atoms with E-state index < -0.39 is 35.3 Å². The maximum atomic E-state index is 14.1. The number of fused-ring (bicyclic) bond motifs is 2. The average Bonchev–Trinajstić information content (AvgIpc) is 3.38. The van der Waals surface area contributed by atoms with Crippen LogP contribution in [0.4, 0.5) is 5.69 Å². The highest BCUT2D eigenvalue weighted by molar-refractivity contribution is 6.24. The fraction of sp³-hybridized carbons (Fsp3) is 0.194. The summed E-state index contributed by atoms with van der Waals surface area (Å²) in [6, 6.07) is 29.5. The van der Waals surface area contributed by atoms with Gasteiger partial charge in [-0.05, 0) is 40.5 Å². The van der Waals surface area contributed by atoms with E-state index in [1.54, 1.807) is 12.1 Å². The highest BCUT2D eigenvalue weighted by atomic mass is 16.4. The van der Waals surface area contributed by atoms with Crippen molar-refractivity contribution in [3.63, 3.8) is 0 Å². The van der Waals surface area contributed by atoms with Gasteiger partial charge < -0.3 is 5.11 Å². The molecule has 0 saturated carbocycles. The molecule has 4 unspecified atom stereocenters. The van der Waals surface area contributed by atoms with E-state index >= 15 is 0 Å². The van der Waals surface area contributed by atoms with Gasteiger partial charge in [0, 0.05) is 12.5 Å². The number of carbonyl (C=O) groups is 3. The molecular weight excluding hydrogens is 464 g/mol. The fourth-order valence-electron chi connectivity index (χ4n) is 6.20. The van der Waals surface area contributed by atoms with E-state index in [1.807, 2.05) is 91.9 Å². The quantitative estimate of drug-likeness (QED) is 0.397. The summed E-state index contributed by atoms with van der Waals surface area (Å²) < 4.78 is 0. The Bertz CT molecular complexity index is 1540. The molecule has 0 aliphatic carbocycles. The predicted molar refractivity (Wildman–Crippen MR) is 141 cm³/mol. The second kappa shape index (κ2) is 8.68. The molecule has 0 aromatic heterocycles. The van der Waals surface area contributed by atoms with Crippen LogP contribution in [0.1, 0.15) is 22.7 Å². The minimum atomic E-state index is -1.65. The molecule has 4 atom stereocenters. The van der Waals surface area contributed by atoms with Crippen molar-refractivity contribution in [2.24, 2.45) is 11.8 Å². The Labute approximate surface area is 214 Å². The number of amides is 2. The number of benzene rings is 4. The third-order valence-corrected chi connectivity index (χ3v) is 7.88. The summed E-state index contributed by atoms with van der Waals surface area (Å²) in [6.45, 7) is 1.85. The number of imide groups is 1. The Kier molecular flexibility index (Phi) is 5.42. The number of hydrogen-bond donors (Lipinski definition) is 2. The highest BCUT2D eigenvalue weighted by Gasteiger charge is 2.68. The third kappa shape index (κ3) is 3.48. The smallest absolute Gasteiger partial charge is 0.325 e. The molecule has 37 heavy (non-hydrogen) atoms. The van der Waals surface area contributed by atoms with E-state index in [9.17, 15) is 19.5 Å². The summed E-state index contributed by atoms with van der Waals surface area (Å²) >= 11 is 0. The monoisotopic (exact) mass is 490 g/mol. The van der Waals surface area contributed by atoms with E-state index in [1.165, 1.54) is 4.90 Å². The van der Waals surface area contributed by atoms with Gasteiger partial charge in [0.1, 0.15) is 5.54 Å². The molecule has 4 aromatic rings. The molecule has 2 aliphatic heterocycles. The van der Waals surface area contributed by atoms with Crippen LogP contribution < -0.4 is 10.2 Å². The Morgan fingerprint density at radius 3 is 2.30 bits per heavy atom. The summed E-state index contributed by atoms with van der Waals surface area (Å²) in [4.78, 5) is 42.6. The number of para-hydroxylation sites is 1. The van der Waals surface area contributed by atoms with E-state index in [-0.39, 0.29) is 12.3 Å². The lowest BCUT2D eigenvalue weighted by atomic mass is 9.76. The summed E-state index contributed by atoms with van der Waals surface area (Å²) in [5.74, 6) is -3.91. The standard InChI is InChI=1S/C31H26N2O4/c1-19-10-5-8-17-24(19)33-28(34)25-26(29(33)35)31(30(36)37,18-20-11-3-2-4-12-20)32-27(25)23-16-9-14-21-13-6-7-15-22(21)23/h2-17,25-27,32H,18H2,1H3,(H,36,37). The van der Waals surface area contributed by atoms with Crippen LogP contribution in [0.3, 0.4) is 0 Å². The van der Waals surface area contributed by atoms with Gasteiger partial charge >= 0.3 is 5.97 Å². The maximum absolute atomic E-state index is 14.1. The molecule has 184 valence electrons. The van der Waals surface area contributed by atoms with E-state index in [0.717, 1.165) is 27.5 Å². The van der Waals surface area contributed by atoms with Crippen molar-refractivity contribution >= 4 is 34.2 Å². The first-order valence-electron chi connectivity index (χ1n) is 12.4. The Morgan fingerprint density at radius 1 is 0.865 bits per heavy atom. The van der Waals surface area contributed by atoms with Gasteiger partial charge in [-0.25, -0.2) is 4.90 Å². The van der Waals surface area contributed by atoms with Crippen LogP contribution in [-0.2, 0) is 20.8 Å². The fourth-order valence-corrected chi connectivity index (χ4v) is 6.20. The Morgan fingerprint density at radius 2 is 1.54 bits per heavy atom. The van der Waals surface area contributed by atoms with Gasteiger partial charge in [-0.2, -0.15) is 0 Å². The predicted octanol–water partition coefficient (Wildman–Crippen LogP) is 4.66. The molecule has 6 rings (SSSR count). The van der Waals surface area contributed by atoms with Crippen LogP contribution in [0.5, 0.6) is 0 Å². The zero-order valence-electron chi connectivity index (χ0n) is 20.3. The molecule has 2 aliphatic rings. The second-order valence-corrected chi connectivity index (χ2v) is 9.93. The minimum absolute atomic E-state index is 0.0756. The molecule has 4 aromatic carbocycles. The summed E-state index contributed by atoms with van der Waals surface area (Å²) in [5, 5.41) is 16.0. The SMILES string of the molecule is Cc1ccccc1N1C(=O)C2C(c3cccc4ccccc34)NC(Cc3ccccc3)(C(=O)O)C2C1=O. The van der Waals surface area contributed by atoms with Crippen molar-refractivity contribution in [3.05, 3.63) is 114 Å². The first kappa shape index (κ1) is 23.1. The number of hydrogen-bond acceptors (Lipinski definition) is 4. The molecule has 2 amide bonds. The van der Waals surface area contributed by atoms with Crippen molar-refractivity contribution in [3.8, 4) is 0 Å². The maximum Gasteiger partial charge on any atom is 0.325 e. The number of carboxylic acids is 1. The zero-order chi connectivity index (χ0) is 25.7. The summed E-state index contributed by atoms with van der Waals surface area (Å²) in [6.07, 6.45) is 0.0756. The molecule has 0 spiro atoms. The van der Waals surface area contributed by atoms with Gasteiger partial charge in [0.2, 0.25) is 11.8 Å². The number of nitrogens with zero attached hydrogens (tertiary/aromatic N) is 1. The van der Waals surface area contributed by atoms with Gasteiger partial charge in [-0.3, -0.25) is 19.7 Å². The molecule has 2 saturated heterocycles. The van der Waals surface area contributed by atoms with Gasteiger partial charge in [0.05, 0.1) is 17.5 Å². The van der Waals surface area contributed by atoms with Crippen LogP contribution in [0, 0.1) is 18.8 Å². The van der Waals surface area contributed by atoms with Crippen LogP contribution >= 0.6 is 0 Å². The van der Waals surface area contributed by atoms with Gasteiger partial charge in [-0.15, -0.1) is 0 Å². The van der Waals surface area contributed by atoms with E-state index in [2.05, 4.69) is 5.32 Å². The molecule has 6 nitrogen and oxygen atoms in total. The minimum Gasteiger partial charge on any atom is -0.480 e. The number of aliphatic carboxylic acids is 1. The van der Waals surface area contributed by atoms with Crippen LogP contribution in [0.15, 0.2) is 97.1 Å². The lowest BCUT2D eigenvalue weighted by Crippen LogP contribution is -2.57. The number of carboxylic acid groups (broad SMARTS) is 1. The van der Waals surface area contributed by atoms with E-state index in [4.69, 9.17) is 0 Å². The number of aryl methyl sites for hydroxylation is 1. The lowest BCUT2D eigenvalue weighted by molar-refractivity contribution is -0.148. The number of nitrogens with one attached hydrogen (secondary N) is 1. The van der Waals surface area contributed by atoms with Crippen molar-refractivity contribution in [1.82, 2.24) is 5.32 Å². The van der Waals surface area contributed by atoms with Crippen LogP contribution in [0.2, 0.25) is 0 Å². The number of anilines is 1. The third-order valence-electron chi connectivity index (χ3n) is 7.88. The Hall–Kier alpha value is -4.29.